The Morgan fingerprint density at radius 2 is 2.11 bits per heavy atom. The molecule has 2 rings (SSSR count). The number of H-pyrrole nitrogens is 1. The van der Waals surface area contributed by atoms with Crippen molar-refractivity contribution in [2.75, 3.05) is 11.9 Å². The fraction of sp³-hybridized carbons (Fsp3) is 0.273. The smallest absolute Gasteiger partial charge is 0.265 e. The predicted octanol–water partition coefficient (Wildman–Crippen LogP) is -0.193. The molecule has 0 radical (unpaired) electrons. The van der Waals surface area contributed by atoms with E-state index in [0.717, 1.165) is 6.54 Å². The van der Waals surface area contributed by atoms with Gasteiger partial charge in [0.05, 0.1) is 24.6 Å². The second kappa shape index (κ2) is 5.26. The molecule has 2 N–H and O–H groups in total. The Hall–Kier alpha value is -2.44. The highest BCUT2D eigenvalue weighted by atomic mass is 16.1. The minimum Gasteiger partial charge on any atom is -0.369 e. The van der Waals surface area contributed by atoms with Gasteiger partial charge in [0.1, 0.15) is 5.82 Å². The average molecular weight is 247 g/mol. The number of rotatable bonds is 4. The lowest BCUT2D eigenvalue weighted by molar-refractivity contribution is 0.615. The fourth-order valence-electron chi connectivity index (χ4n) is 1.45. The minimum atomic E-state index is -0.327. The summed E-state index contributed by atoms with van der Waals surface area (Å²) in [6, 6.07) is 2.41. The van der Waals surface area contributed by atoms with Gasteiger partial charge in [-0.25, -0.2) is 9.67 Å². The molecule has 0 aromatic carbocycles. The molecule has 0 fully saturated rings. The van der Waals surface area contributed by atoms with E-state index in [-0.39, 0.29) is 17.7 Å². The molecule has 0 unspecified atom stereocenters. The van der Waals surface area contributed by atoms with Crippen LogP contribution in [0.4, 0.5) is 5.82 Å². The van der Waals surface area contributed by atoms with Gasteiger partial charge in [0.2, 0.25) is 0 Å². The molecule has 2 aromatic heterocycles. The van der Waals surface area contributed by atoms with E-state index in [4.69, 9.17) is 0 Å². The highest BCUT2D eigenvalue weighted by molar-refractivity contribution is 5.30. The van der Waals surface area contributed by atoms with Crippen LogP contribution in [0.5, 0.6) is 0 Å². The summed E-state index contributed by atoms with van der Waals surface area (Å²) >= 11 is 0. The maximum absolute atomic E-state index is 11.5. The summed E-state index contributed by atoms with van der Waals surface area (Å²) < 4.78 is 1.19. The van der Waals surface area contributed by atoms with Crippen LogP contribution in [0, 0.1) is 0 Å². The molecule has 0 aliphatic carbocycles. The number of hydrogen-bond acceptors (Lipinski definition) is 5. The molecule has 0 aliphatic rings. The Labute approximate surface area is 103 Å². The van der Waals surface area contributed by atoms with Gasteiger partial charge < -0.3 is 5.32 Å². The monoisotopic (exact) mass is 247 g/mol. The standard InChI is InChI=1S/C11H13N5O2/c1-2-12-9-6-13-8(5-14-9)7-16-11(18)4-3-10(17)15-16/h3-6H,2,7H2,1H3,(H,12,14)(H,15,17). The second-order valence-corrected chi connectivity index (χ2v) is 3.66. The predicted molar refractivity (Wildman–Crippen MR) is 66.6 cm³/mol. The summed E-state index contributed by atoms with van der Waals surface area (Å²) in [7, 11) is 0. The van der Waals surface area contributed by atoms with Crippen molar-refractivity contribution in [2.24, 2.45) is 0 Å². The topological polar surface area (TPSA) is 92.7 Å². The average Bonchev–Trinajstić information content (AvgIpc) is 2.37. The van der Waals surface area contributed by atoms with Crippen molar-refractivity contribution in [1.82, 2.24) is 19.7 Å². The number of aromatic nitrogens is 4. The van der Waals surface area contributed by atoms with Crippen LogP contribution in [0.25, 0.3) is 0 Å². The largest absolute Gasteiger partial charge is 0.369 e. The van der Waals surface area contributed by atoms with Gasteiger partial charge in [-0.2, -0.15) is 0 Å². The van der Waals surface area contributed by atoms with Crippen LogP contribution in [0.1, 0.15) is 12.6 Å². The third-order valence-corrected chi connectivity index (χ3v) is 2.27. The van der Waals surface area contributed by atoms with Gasteiger partial charge in [-0.15, -0.1) is 0 Å². The molecule has 7 nitrogen and oxygen atoms in total. The molecule has 0 saturated heterocycles. The van der Waals surface area contributed by atoms with E-state index >= 15 is 0 Å². The third-order valence-electron chi connectivity index (χ3n) is 2.27. The van der Waals surface area contributed by atoms with Crippen molar-refractivity contribution in [3.8, 4) is 0 Å². The van der Waals surface area contributed by atoms with Gasteiger partial charge in [0.15, 0.2) is 0 Å². The Morgan fingerprint density at radius 3 is 2.78 bits per heavy atom. The summed E-state index contributed by atoms with van der Waals surface area (Å²) in [6.45, 7) is 2.91. The summed E-state index contributed by atoms with van der Waals surface area (Å²) in [4.78, 5) is 30.9. The molecular formula is C11H13N5O2. The van der Waals surface area contributed by atoms with Gasteiger partial charge in [-0.3, -0.25) is 19.7 Å². The van der Waals surface area contributed by atoms with Crippen molar-refractivity contribution >= 4 is 5.82 Å². The molecule has 0 atom stereocenters. The van der Waals surface area contributed by atoms with Crippen LogP contribution < -0.4 is 16.4 Å². The molecule has 2 heterocycles. The van der Waals surface area contributed by atoms with Gasteiger partial charge in [-0.05, 0) is 6.92 Å². The van der Waals surface area contributed by atoms with Crippen molar-refractivity contribution in [3.05, 3.63) is 50.9 Å². The molecular weight excluding hydrogens is 234 g/mol. The highest BCUT2D eigenvalue weighted by Crippen LogP contribution is 2.00. The Balaban J connectivity index is 2.21. The highest BCUT2D eigenvalue weighted by Gasteiger charge is 2.01. The number of anilines is 1. The van der Waals surface area contributed by atoms with Crippen LogP contribution >= 0.6 is 0 Å². The quantitative estimate of drug-likeness (QED) is 0.781. The van der Waals surface area contributed by atoms with E-state index in [1.54, 1.807) is 12.4 Å². The molecule has 0 amide bonds. The van der Waals surface area contributed by atoms with Crippen LogP contribution in [-0.2, 0) is 6.54 Å². The molecule has 0 saturated carbocycles. The Morgan fingerprint density at radius 1 is 1.28 bits per heavy atom. The van der Waals surface area contributed by atoms with Crippen molar-refractivity contribution < 1.29 is 0 Å². The number of nitrogens with zero attached hydrogens (tertiary/aromatic N) is 3. The van der Waals surface area contributed by atoms with Crippen LogP contribution in [0.3, 0.4) is 0 Å². The minimum absolute atomic E-state index is 0.189. The summed E-state index contributed by atoms with van der Waals surface area (Å²) in [6.07, 6.45) is 3.15. The van der Waals surface area contributed by atoms with Gasteiger partial charge in [-0.1, -0.05) is 0 Å². The van der Waals surface area contributed by atoms with E-state index in [9.17, 15) is 9.59 Å². The first-order valence-corrected chi connectivity index (χ1v) is 5.54. The maximum atomic E-state index is 11.5. The second-order valence-electron chi connectivity index (χ2n) is 3.66. The van der Waals surface area contributed by atoms with E-state index in [0.29, 0.717) is 11.5 Å². The summed E-state index contributed by atoms with van der Waals surface area (Å²) in [5.41, 5.74) is -0.0143. The molecule has 0 aliphatic heterocycles. The van der Waals surface area contributed by atoms with Gasteiger partial charge in [0, 0.05) is 18.7 Å². The molecule has 2 aromatic rings. The maximum Gasteiger partial charge on any atom is 0.265 e. The van der Waals surface area contributed by atoms with Crippen molar-refractivity contribution in [2.45, 2.75) is 13.5 Å². The lowest BCUT2D eigenvalue weighted by atomic mass is 10.4. The number of hydrogen-bond donors (Lipinski definition) is 2. The Bertz CT molecular complexity index is 629. The molecule has 0 spiro atoms. The molecule has 18 heavy (non-hydrogen) atoms. The van der Waals surface area contributed by atoms with Crippen molar-refractivity contribution in [1.29, 1.82) is 0 Å². The van der Waals surface area contributed by atoms with Crippen LogP contribution in [0.15, 0.2) is 34.1 Å². The zero-order chi connectivity index (χ0) is 13.0. The van der Waals surface area contributed by atoms with E-state index in [1.165, 1.54) is 16.8 Å². The first-order chi connectivity index (χ1) is 8.69. The van der Waals surface area contributed by atoms with E-state index < -0.39 is 0 Å². The van der Waals surface area contributed by atoms with Crippen LogP contribution in [0.2, 0.25) is 0 Å². The van der Waals surface area contributed by atoms with Crippen molar-refractivity contribution in [3.63, 3.8) is 0 Å². The van der Waals surface area contributed by atoms with Gasteiger partial charge in [0.25, 0.3) is 11.1 Å². The van der Waals surface area contributed by atoms with E-state index in [2.05, 4.69) is 20.4 Å². The lowest BCUT2D eigenvalue weighted by Crippen LogP contribution is -2.28. The third kappa shape index (κ3) is 2.82. The van der Waals surface area contributed by atoms with Crippen LogP contribution in [-0.4, -0.2) is 26.3 Å². The normalized spacial score (nSPS) is 10.3. The fourth-order valence-corrected chi connectivity index (χ4v) is 1.45. The lowest BCUT2D eigenvalue weighted by Gasteiger charge is -2.05. The summed E-state index contributed by atoms with van der Waals surface area (Å²) in [5, 5.41) is 5.45. The summed E-state index contributed by atoms with van der Waals surface area (Å²) in [5.74, 6) is 0.676. The Kier molecular flexibility index (Phi) is 3.52. The van der Waals surface area contributed by atoms with Gasteiger partial charge >= 0.3 is 0 Å². The molecule has 94 valence electrons. The zero-order valence-electron chi connectivity index (χ0n) is 9.88. The molecule has 0 bridgehead atoms. The van der Waals surface area contributed by atoms with E-state index in [1.807, 2.05) is 6.92 Å². The first kappa shape index (κ1) is 12.0. The number of nitrogens with one attached hydrogen (secondary N) is 2. The zero-order valence-corrected chi connectivity index (χ0v) is 9.88. The first-order valence-electron chi connectivity index (χ1n) is 5.54. The molecule has 7 heteroatoms. The number of aromatic amines is 1. The SMILES string of the molecule is CCNc1cnc(Cn2[nH]c(=O)ccc2=O)cn1.